The average Bonchev–Trinajstić information content (AvgIpc) is 3.69. The van der Waals surface area contributed by atoms with Gasteiger partial charge in [0.25, 0.3) is 0 Å². The van der Waals surface area contributed by atoms with Crippen molar-refractivity contribution in [3.63, 3.8) is 0 Å². The highest BCUT2D eigenvalue weighted by Crippen LogP contribution is 2.35. The van der Waals surface area contributed by atoms with Gasteiger partial charge in [0.15, 0.2) is 11.5 Å². The zero-order valence-electron chi connectivity index (χ0n) is 23.8. The number of carbonyl (C=O) groups excluding carboxylic acids is 1. The molecule has 5 aromatic rings. The molecule has 0 amide bonds. The molecule has 1 aliphatic rings. The summed E-state index contributed by atoms with van der Waals surface area (Å²) in [6.07, 6.45) is -1.28. The van der Waals surface area contributed by atoms with Crippen molar-refractivity contribution in [2.75, 3.05) is 13.2 Å². The molecule has 8 nitrogen and oxygen atoms in total. The second-order valence-electron chi connectivity index (χ2n) is 10.2. The Morgan fingerprint density at radius 3 is 2.75 bits per heavy atom. The van der Waals surface area contributed by atoms with Crippen molar-refractivity contribution < 1.29 is 27.4 Å². The number of benzene rings is 1. The lowest BCUT2D eigenvalue weighted by atomic mass is 9.99. The van der Waals surface area contributed by atoms with Gasteiger partial charge in [0.05, 0.1) is 29.1 Å². The van der Waals surface area contributed by atoms with Crippen LogP contribution in [0.4, 0.5) is 13.2 Å². The van der Waals surface area contributed by atoms with Gasteiger partial charge >= 0.3 is 12.1 Å². The molecule has 0 unspecified atom stereocenters. The first-order valence-electron chi connectivity index (χ1n) is 14.0. The molecular formula is C32H28F3N5O3S. The fraction of sp³-hybridized carbons (Fsp3) is 0.250. The van der Waals surface area contributed by atoms with Crippen molar-refractivity contribution in [3.05, 3.63) is 112 Å². The predicted molar refractivity (Wildman–Crippen MR) is 158 cm³/mol. The fourth-order valence-electron chi connectivity index (χ4n) is 5.19. The summed E-state index contributed by atoms with van der Waals surface area (Å²) in [6, 6.07) is 18.7. The predicted octanol–water partition coefficient (Wildman–Crippen LogP) is 6.72. The summed E-state index contributed by atoms with van der Waals surface area (Å²) in [7, 11) is 0. The third kappa shape index (κ3) is 6.36. The first kappa shape index (κ1) is 29.5. The van der Waals surface area contributed by atoms with Crippen LogP contribution in [0.3, 0.4) is 0 Å². The maximum absolute atomic E-state index is 14.0. The second-order valence-corrected chi connectivity index (χ2v) is 11.1. The maximum Gasteiger partial charge on any atom is 0.434 e. The smallest absolute Gasteiger partial charge is 0.434 e. The van der Waals surface area contributed by atoms with Crippen LogP contribution in [0, 0.1) is 0 Å². The molecule has 1 aliphatic heterocycles. The Kier molecular flexibility index (Phi) is 8.45. The van der Waals surface area contributed by atoms with Crippen LogP contribution < -0.4 is 4.74 Å². The van der Waals surface area contributed by atoms with Crippen molar-refractivity contribution >= 4 is 17.3 Å². The van der Waals surface area contributed by atoms with E-state index in [1.165, 1.54) is 35.5 Å². The number of hydrogen-bond acceptors (Lipinski definition) is 8. The van der Waals surface area contributed by atoms with E-state index >= 15 is 0 Å². The van der Waals surface area contributed by atoms with Gasteiger partial charge in [0, 0.05) is 31.4 Å². The highest BCUT2D eigenvalue weighted by molar-refractivity contribution is 7.13. The summed E-state index contributed by atoms with van der Waals surface area (Å²) < 4.78 is 53.7. The van der Waals surface area contributed by atoms with Gasteiger partial charge < -0.3 is 9.47 Å². The lowest BCUT2D eigenvalue weighted by Crippen LogP contribution is -2.30. The van der Waals surface area contributed by atoms with Crippen LogP contribution in [0.15, 0.2) is 78.4 Å². The van der Waals surface area contributed by atoms with Gasteiger partial charge in [-0.2, -0.15) is 18.3 Å². The zero-order chi connectivity index (χ0) is 30.7. The number of nitrogens with zero attached hydrogens (tertiary/aromatic N) is 5. The molecule has 0 aliphatic carbocycles. The van der Waals surface area contributed by atoms with Gasteiger partial charge in [0.1, 0.15) is 17.9 Å². The first-order valence-corrected chi connectivity index (χ1v) is 14.9. The molecule has 0 fully saturated rings. The van der Waals surface area contributed by atoms with Crippen LogP contribution in [-0.2, 0) is 37.0 Å². The number of pyridine rings is 2. The van der Waals surface area contributed by atoms with E-state index in [-0.39, 0.29) is 19.0 Å². The van der Waals surface area contributed by atoms with Crippen molar-refractivity contribution in [1.29, 1.82) is 0 Å². The van der Waals surface area contributed by atoms with Crippen molar-refractivity contribution in [2.24, 2.45) is 0 Å². The van der Waals surface area contributed by atoms with Gasteiger partial charge in [-0.25, -0.2) is 14.5 Å². The van der Waals surface area contributed by atoms with Gasteiger partial charge in [-0.05, 0) is 72.3 Å². The number of rotatable bonds is 9. The number of carbonyl (C=O) groups is 1. The molecule has 0 spiro atoms. The zero-order valence-corrected chi connectivity index (χ0v) is 24.6. The van der Waals surface area contributed by atoms with Gasteiger partial charge in [-0.1, -0.05) is 18.2 Å². The first-order chi connectivity index (χ1) is 21.3. The van der Waals surface area contributed by atoms with E-state index in [9.17, 15) is 18.0 Å². The van der Waals surface area contributed by atoms with Crippen LogP contribution >= 0.6 is 11.3 Å². The Hall–Kier alpha value is -4.55. The molecule has 0 radical (unpaired) electrons. The highest BCUT2D eigenvalue weighted by atomic mass is 32.1. The van der Waals surface area contributed by atoms with Gasteiger partial charge in [0.2, 0.25) is 0 Å². The lowest BCUT2D eigenvalue weighted by molar-refractivity contribution is -0.143. The second kappa shape index (κ2) is 12.6. The number of fused-ring (bicyclic) bond motifs is 1. The molecule has 0 saturated heterocycles. The molecule has 6 rings (SSSR count). The summed E-state index contributed by atoms with van der Waals surface area (Å²) in [4.78, 5) is 24.3. The minimum absolute atomic E-state index is 0.0605. The lowest BCUT2D eigenvalue weighted by Gasteiger charge is -2.28. The average molecular weight is 620 g/mol. The third-order valence-electron chi connectivity index (χ3n) is 7.24. The van der Waals surface area contributed by atoms with E-state index in [1.807, 2.05) is 41.9 Å². The fourth-order valence-corrected chi connectivity index (χ4v) is 6.07. The van der Waals surface area contributed by atoms with Crippen molar-refractivity contribution in [1.82, 2.24) is 24.6 Å². The summed E-state index contributed by atoms with van der Waals surface area (Å²) >= 11 is 1.41. The Bertz CT molecular complexity index is 1770. The van der Waals surface area contributed by atoms with E-state index in [4.69, 9.17) is 9.47 Å². The molecule has 226 valence electrons. The number of aromatic nitrogens is 4. The number of ether oxygens (including phenoxy) is 2. The SMILES string of the molecule is CCOC(=O)c1cnn(-c2cccc(-c3sccc3COc3ccc4c(c3)CCN(Cc3ccccn3)C4)n2)c1C(F)(F)F. The number of alkyl halides is 3. The Labute approximate surface area is 255 Å². The third-order valence-corrected chi connectivity index (χ3v) is 8.22. The number of thiophene rings is 1. The van der Waals surface area contributed by atoms with Crippen molar-refractivity contribution in [3.8, 4) is 22.1 Å². The van der Waals surface area contributed by atoms with E-state index in [0.29, 0.717) is 10.4 Å². The quantitative estimate of drug-likeness (QED) is 0.169. The monoisotopic (exact) mass is 619 g/mol. The van der Waals surface area contributed by atoms with E-state index in [1.54, 1.807) is 12.1 Å². The van der Waals surface area contributed by atoms with E-state index < -0.39 is 23.4 Å². The Balaban J connectivity index is 1.17. The Morgan fingerprint density at radius 1 is 1.07 bits per heavy atom. The summed E-state index contributed by atoms with van der Waals surface area (Å²) in [5.41, 5.74) is 2.99. The van der Waals surface area contributed by atoms with Crippen LogP contribution in [0.1, 0.15) is 45.4 Å². The molecule has 5 heterocycles. The topological polar surface area (TPSA) is 82.4 Å². The minimum atomic E-state index is -4.86. The largest absolute Gasteiger partial charge is 0.489 e. The summed E-state index contributed by atoms with van der Waals surface area (Å²) in [5.74, 6) is -0.417. The standard InChI is InChI=1S/C32H28F3N5O3S/c1-2-42-31(41)26-17-37-40(30(26)32(33,34)35)28-8-5-7-27(38-28)29-23(12-15-44-29)20-43-25-10-9-22-18-39(14-11-21(22)16-25)19-24-6-3-4-13-36-24/h3-10,12-13,15-17H,2,11,14,18-20H2,1H3. The molecule has 0 saturated carbocycles. The van der Waals surface area contributed by atoms with Crippen LogP contribution in [0.5, 0.6) is 5.75 Å². The van der Waals surface area contributed by atoms with Crippen LogP contribution in [0.2, 0.25) is 0 Å². The minimum Gasteiger partial charge on any atom is -0.489 e. The molecule has 0 bridgehead atoms. The van der Waals surface area contributed by atoms with Crippen LogP contribution in [0.25, 0.3) is 16.4 Å². The molecule has 4 aromatic heterocycles. The molecule has 0 atom stereocenters. The number of hydrogen-bond donors (Lipinski definition) is 0. The van der Waals surface area contributed by atoms with Crippen LogP contribution in [-0.4, -0.2) is 43.8 Å². The van der Waals surface area contributed by atoms with E-state index in [2.05, 4.69) is 32.1 Å². The maximum atomic E-state index is 14.0. The van der Waals surface area contributed by atoms with Crippen molar-refractivity contribution in [2.45, 2.75) is 39.2 Å². The molecule has 1 aromatic carbocycles. The number of halogens is 3. The van der Waals surface area contributed by atoms with Gasteiger partial charge in [-0.15, -0.1) is 11.3 Å². The van der Waals surface area contributed by atoms with E-state index in [0.717, 1.165) is 54.1 Å². The summed E-state index contributed by atoms with van der Waals surface area (Å²) in [6.45, 7) is 4.30. The normalized spacial score (nSPS) is 13.5. The molecule has 44 heavy (non-hydrogen) atoms. The number of esters is 1. The Morgan fingerprint density at radius 2 is 1.95 bits per heavy atom. The van der Waals surface area contributed by atoms with Gasteiger partial charge in [-0.3, -0.25) is 9.88 Å². The summed E-state index contributed by atoms with van der Waals surface area (Å²) in [5, 5.41) is 5.73. The highest BCUT2D eigenvalue weighted by Gasteiger charge is 2.41. The molecule has 0 N–H and O–H groups in total. The molecular weight excluding hydrogens is 591 g/mol. The molecule has 12 heteroatoms.